The maximum Gasteiger partial charge on any atom is 0.100 e. The first-order chi connectivity index (χ1) is 9.63. The zero-order valence-electron chi connectivity index (χ0n) is 11.8. The van der Waals surface area contributed by atoms with E-state index in [4.69, 9.17) is 0 Å². The number of hydrogen-bond acceptors (Lipinski definition) is 3. The summed E-state index contributed by atoms with van der Waals surface area (Å²) in [5.41, 5.74) is 2.71. The minimum absolute atomic E-state index is 0.608. The Kier molecular flexibility index (Phi) is 4.86. The van der Waals surface area contributed by atoms with Crippen molar-refractivity contribution in [2.45, 2.75) is 25.2 Å². The predicted octanol–water partition coefficient (Wildman–Crippen LogP) is 3.87. The molecule has 0 N–H and O–H groups in total. The first kappa shape index (κ1) is 14.7. The molecule has 4 heteroatoms. The maximum absolute atomic E-state index is 9.30. The summed E-state index contributed by atoms with van der Waals surface area (Å²) in [4.78, 5) is 1.04. The molecule has 0 saturated carbocycles. The van der Waals surface area contributed by atoms with Crippen LogP contribution in [0.15, 0.2) is 35.5 Å². The first-order valence-electron chi connectivity index (χ1n) is 6.64. The molecule has 103 valence electrons. The second-order valence-corrected chi connectivity index (χ2v) is 6.10. The fraction of sp³-hybridized carbons (Fsp3) is 0.312. The second kappa shape index (κ2) is 6.62. The third-order valence-corrected chi connectivity index (χ3v) is 4.35. The number of nitriles is 1. The number of hydrogen-bond donors (Lipinski definition) is 0. The van der Waals surface area contributed by atoms with E-state index in [-0.39, 0.29) is 0 Å². The van der Waals surface area contributed by atoms with Gasteiger partial charge in [-0.05, 0) is 43.0 Å². The van der Waals surface area contributed by atoms with Crippen LogP contribution in [0.25, 0.3) is 5.69 Å². The Hall–Kier alpha value is -1.73. The molecule has 0 saturated heterocycles. The summed E-state index contributed by atoms with van der Waals surface area (Å²) < 4.78 is 1.79. The van der Waals surface area contributed by atoms with Crippen molar-refractivity contribution in [1.82, 2.24) is 9.78 Å². The average molecular weight is 284 g/mol. The number of thioether (sulfide) groups is 1. The maximum atomic E-state index is 9.30. The Morgan fingerprint density at radius 2 is 2.25 bits per heavy atom. The van der Waals surface area contributed by atoms with Crippen LogP contribution in [-0.2, 0) is 6.42 Å². The molecule has 0 atom stereocenters. The Bertz CT molecular complexity index is 623. The highest BCUT2D eigenvalue weighted by molar-refractivity contribution is 7.99. The summed E-state index contributed by atoms with van der Waals surface area (Å²) in [7, 11) is 0. The van der Waals surface area contributed by atoms with Crippen LogP contribution in [0.5, 0.6) is 0 Å². The van der Waals surface area contributed by atoms with Crippen molar-refractivity contribution in [3.05, 3.63) is 48.6 Å². The van der Waals surface area contributed by atoms with Crippen LogP contribution in [0.1, 0.15) is 25.0 Å². The SMILES string of the molecule is [CH2]Cc1cnn(-c2ccc(SCC(C)C)c(C#N)c2)c1. The summed E-state index contributed by atoms with van der Waals surface area (Å²) in [5, 5.41) is 13.6. The van der Waals surface area contributed by atoms with E-state index in [1.807, 2.05) is 24.4 Å². The fourth-order valence-electron chi connectivity index (χ4n) is 1.76. The number of benzene rings is 1. The molecule has 20 heavy (non-hydrogen) atoms. The van der Waals surface area contributed by atoms with Gasteiger partial charge >= 0.3 is 0 Å². The van der Waals surface area contributed by atoms with Gasteiger partial charge in [-0.3, -0.25) is 0 Å². The number of nitrogens with zero attached hydrogens (tertiary/aromatic N) is 3. The Labute approximate surface area is 124 Å². The van der Waals surface area contributed by atoms with Crippen molar-refractivity contribution < 1.29 is 0 Å². The Balaban J connectivity index is 2.27. The van der Waals surface area contributed by atoms with Gasteiger partial charge in [0.15, 0.2) is 0 Å². The molecule has 2 rings (SSSR count). The van der Waals surface area contributed by atoms with Crippen LogP contribution in [0.2, 0.25) is 0 Å². The standard InChI is InChI=1S/C16H18N3S/c1-4-13-9-18-19(10-13)15-5-6-16(14(7-15)8-17)20-11-12(2)3/h5-7,9-10,12H,1,4,11H2,2-3H3. The molecule has 1 radical (unpaired) electrons. The van der Waals surface area contributed by atoms with Gasteiger partial charge in [0.1, 0.15) is 6.07 Å². The van der Waals surface area contributed by atoms with E-state index in [1.165, 1.54) is 0 Å². The molecule has 1 aromatic carbocycles. The summed E-state index contributed by atoms with van der Waals surface area (Å²) in [5.74, 6) is 1.62. The van der Waals surface area contributed by atoms with E-state index in [9.17, 15) is 5.26 Å². The van der Waals surface area contributed by atoms with E-state index < -0.39 is 0 Å². The molecular formula is C16H18N3S. The summed E-state index contributed by atoms with van der Waals surface area (Å²) in [6.07, 6.45) is 4.47. The monoisotopic (exact) mass is 284 g/mol. The van der Waals surface area contributed by atoms with E-state index >= 15 is 0 Å². The van der Waals surface area contributed by atoms with Gasteiger partial charge in [-0.2, -0.15) is 10.4 Å². The highest BCUT2D eigenvalue weighted by Gasteiger charge is 2.07. The minimum Gasteiger partial charge on any atom is -0.241 e. The third kappa shape index (κ3) is 3.43. The van der Waals surface area contributed by atoms with E-state index in [2.05, 4.69) is 31.9 Å². The summed E-state index contributed by atoms with van der Waals surface area (Å²) in [6, 6.07) is 8.18. The van der Waals surface area contributed by atoms with Crippen molar-refractivity contribution in [1.29, 1.82) is 5.26 Å². The molecule has 3 nitrogen and oxygen atoms in total. The second-order valence-electron chi connectivity index (χ2n) is 5.04. The lowest BCUT2D eigenvalue weighted by molar-refractivity contribution is 0.750. The zero-order valence-corrected chi connectivity index (χ0v) is 12.7. The van der Waals surface area contributed by atoms with E-state index in [0.717, 1.165) is 21.9 Å². The lowest BCUT2D eigenvalue weighted by atomic mass is 10.2. The molecule has 0 bridgehead atoms. The molecule has 1 heterocycles. The summed E-state index contributed by atoms with van der Waals surface area (Å²) >= 11 is 1.73. The number of rotatable bonds is 5. The Morgan fingerprint density at radius 1 is 1.45 bits per heavy atom. The lowest BCUT2D eigenvalue weighted by Gasteiger charge is -2.08. The van der Waals surface area contributed by atoms with E-state index in [1.54, 1.807) is 22.6 Å². The molecule has 0 fully saturated rings. The van der Waals surface area contributed by atoms with Crippen LogP contribution in [0, 0.1) is 24.2 Å². The predicted molar refractivity (Wildman–Crippen MR) is 82.9 cm³/mol. The van der Waals surface area contributed by atoms with Crippen LogP contribution >= 0.6 is 11.8 Å². The average Bonchev–Trinajstić information content (AvgIpc) is 2.93. The van der Waals surface area contributed by atoms with Gasteiger partial charge < -0.3 is 0 Å². The molecule has 0 amide bonds. The van der Waals surface area contributed by atoms with Gasteiger partial charge in [0.05, 0.1) is 17.4 Å². The third-order valence-electron chi connectivity index (χ3n) is 2.85. The molecule has 2 aromatic rings. The molecule has 1 aromatic heterocycles. The quantitative estimate of drug-likeness (QED) is 0.783. The van der Waals surface area contributed by atoms with Gasteiger partial charge in [-0.1, -0.05) is 13.8 Å². The van der Waals surface area contributed by atoms with Crippen LogP contribution < -0.4 is 0 Å². The smallest absolute Gasteiger partial charge is 0.100 e. The van der Waals surface area contributed by atoms with Gasteiger partial charge in [0.25, 0.3) is 0 Å². The minimum atomic E-state index is 0.608. The topological polar surface area (TPSA) is 41.6 Å². The van der Waals surface area contributed by atoms with Crippen molar-refractivity contribution in [2.75, 3.05) is 5.75 Å². The van der Waals surface area contributed by atoms with Crippen molar-refractivity contribution in [2.24, 2.45) is 5.92 Å². The van der Waals surface area contributed by atoms with Crippen LogP contribution in [-0.4, -0.2) is 15.5 Å². The first-order valence-corrected chi connectivity index (χ1v) is 7.62. The van der Waals surface area contributed by atoms with Gasteiger partial charge in [-0.15, -0.1) is 11.8 Å². The molecule has 0 aliphatic rings. The van der Waals surface area contributed by atoms with Crippen molar-refractivity contribution >= 4 is 11.8 Å². The zero-order chi connectivity index (χ0) is 14.5. The van der Waals surface area contributed by atoms with Gasteiger partial charge in [0.2, 0.25) is 0 Å². The lowest BCUT2D eigenvalue weighted by Crippen LogP contribution is -1.97. The highest BCUT2D eigenvalue weighted by Crippen LogP contribution is 2.26. The van der Waals surface area contributed by atoms with Crippen molar-refractivity contribution in [3.8, 4) is 11.8 Å². The number of aromatic nitrogens is 2. The van der Waals surface area contributed by atoms with Gasteiger partial charge in [0, 0.05) is 16.8 Å². The van der Waals surface area contributed by atoms with Crippen molar-refractivity contribution in [3.63, 3.8) is 0 Å². The molecule has 0 aliphatic heterocycles. The molecular weight excluding hydrogens is 266 g/mol. The van der Waals surface area contributed by atoms with E-state index in [0.29, 0.717) is 17.9 Å². The molecule has 0 unspecified atom stereocenters. The normalized spacial score (nSPS) is 10.8. The van der Waals surface area contributed by atoms with Crippen LogP contribution in [0.3, 0.4) is 0 Å². The molecule has 0 aliphatic carbocycles. The van der Waals surface area contributed by atoms with Gasteiger partial charge in [-0.25, -0.2) is 4.68 Å². The largest absolute Gasteiger partial charge is 0.241 e. The Morgan fingerprint density at radius 3 is 2.85 bits per heavy atom. The van der Waals surface area contributed by atoms with Crippen LogP contribution in [0.4, 0.5) is 0 Å². The fourth-order valence-corrected chi connectivity index (χ4v) is 2.70. The summed E-state index contributed by atoms with van der Waals surface area (Å²) in [6.45, 7) is 8.20. The molecule has 0 spiro atoms. The highest BCUT2D eigenvalue weighted by atomic mass is 32.2.